The van der Waals surface area contributed by atoms with Crippen LogP contribution < -0.4 is 10.2 Å². The Balaban J connectivity index is 1.77. The van der Waals surface area contributed by atoms with Gasteiger partial charge in [-0.15, -0.1) is 0 Å². The molecule has 1 unspecified atom stereocenters. The highest BCUT2D eigenvalue weighted by Crippen LogP contribution is 2.28. The number of halogens is 1. The van der Waals surface area contributed by atoms with Gasteiger partial charge < -0.3 is 15.1 Å². The lowest BCUT2D eigenvalue weighted by molar-refractivity contribution is -0.384. The maximum atomic E-state index is 13.2. The number of anilines is 2. The van der Waals surface area contributed by atoms with Gasteiger partial charge in [-0.05, 0) is 31.0 Å². The molecular formula is C20H22ClN5O4. The van der Waals surface area contributed by atoms with E-state index in [2.05, 4.69) is 10.3 Å². The van der Waals surface area contributed by atoms with Gasteiger partial charge in [0.15, 0.2) is 0 Å². The minimum atomic E-state index is -0.526. The van der Waals surface area contributed by atoms with E-state index in [-0.39, 0.29) is 29.6 Å². The SMILES string of the molecule is CN(C)c1ccc([N+](=O)[O-])cc1C(=O)N1CCCC(C(=O)Nc2ccc(Cl)cn2)C1. The van der Waals surface area contributed by atoms with E-state index < -0.39 is 10.8 Å². The van der Waals surface area contributed by atoms with Crippen LogP contribution in [0, 0.1) is 16.0 Å². The predicted molar refractivity (Wildman–Crippen MR) is 114 cm³/mol. The molecule has 9 nitrogen and oxygen atoms in total. The normalized spacial score (nSPS) is 16.1. The minimum absolute atomic E-state index is 0.149. The number of nitro groups is 1. The van der Waals surface area contributed by atoms with Gasteiger partial charge in [-0.3, -0.25) is 19.7 Å². The number of nitrogens with one attached hydrogen (secondary N) is 1. The van der Waals surface area contributed by atoms with Crippen molar-refractivity contribution < 1.29 is 14.5 Å². The first kappa shape index (κ1) is 21.5. The summed E-state index contributed by atoms with van der Waals surface area (Å²) >= 11 is 5.81. The van der Waals surface area contributed by atoms with Gasteiger partial charge in [0.05, 0.1) is 21.4 Å². The average Bonchev–Trinajstić information content (AvgIpc) is 2.74. The number of hydrogen-bond acceptors (Lipinski definition) is 6. The highest BCUT2D eigenvalue weighted by Gasteiger charge is 2.31. The molecule has 158 valence electrons. The summed E-state index contributed by atoms with van der Waals surface area (Å²) in [6.07, 6.45) is 2.74. The smallest absolute Gasteiger partial charge is 0.270 e. The van der Waals surface area contributed by atoms with Crippen LogP contribution in [0.5, 0.6) is 0 Å². The number of hydrogen-bond donors (Lipinski definition) is 1. The minimum Gasteiger partial charge on any atom is -0.377 e. The molecule has 3 rings (SSSR count). The van der Waals surface area contributed by atoms with Crippen molar-refractivity contribution in [3.63, 3.8) is 0 Å². The first-order valence-electron chi connectivity index (χ1n) is 9.43. The van der Waals surface area contributed by atoms with E-state index in [9.17, 15) is 19.7 Å². The van der Waals surface area contributed by atoms with Crippen LogP contribution in [0.3, 0.4) is 0 Å². The molecule has 0 spiro atoms. The third-order valence-electron chi connectivity index (χ3n) is 4.96. The van der Waals surface area contributed by atoms with E-state index in [1.165, 1.54) is 18.3 Å². The fraction of sp³-hybridized carbons (Fsp3) is 0.350. The Morgan fingerprint density at radius 1 is 1.30 bits per heavy atom. The topological polar surface area (TPSA) is 109 Å². The van der Waals surface area contributed by atoms with Crippen LogP contribution in [-0.2, 0) is 4.79 Å². The molecule has 1 aliphatic heterocycles. The molecule has 2 heterocycles. The number of piperidine rings is 1. The monoisotopic (exact) mass is 431 g/mol. The number of rotatable bonds is 5. The lowest BCUT2D eigenvalue weighted by atomic mass is 9.96. The third kappa shape index (κ3) is 4.85. The summed E-state index contributed by atoms with van der Waals surface area (Å²) < 4.78 is 0. The van der Waals surface area contributed by atoms with Gasteiger partial charge in [0.2, 0.25) is 5.91 Å². The summed E-state index contributed by atoms with van der Waals surface area (Å²) in [4.78, 5) is 43.9. The van der Waals surface area contributed by atoms with Crippen LogP contribution >= 0.6 is 11.6 Å². The lowest BCUT2D eigenvalue weighted by Gasteiger charge is -2.32. The second-order valence-electron chi connectivity index (χ2n) is 7.29. The number of aromatic nitrogens is 1. The maximum absolute atomic E-state index is 13.2. The predicted octanol–water partition coefficient (Wildman–Crippen LogP) is 3.20. The molecule has 1 aromatic heterocycles. The van der Waals surface area contributed by atoms with Crippen molar-refractivity contribution in [3.8, 4) is 0 Å². The van der Waals surface area contributed by atoms with Crippen LogP contribution in [0.1, 0.15) is 23.2 Å². The number of likely N-dealkylation sites (tertiary alicyclic amines) is 1. The molecule has 1 aromatic carbocycles. The quantitative estimate of drug-likeness (QED) is 0.575. The van der Waals surface area contributed by atoms with Crippen LogP contribution in [-0.4, -0.2) is 53.8 Å². The van der Waals surface area contributed by atoms with Gasteiger partial charge in [0, 0.05) is 51.2 Å². The summed E-state index contributed by atoms with van der Waals surface area (Å²) in [7, 11) is 3.53. The molecule has 2 amide bonds. The van der Waals surface area contributed by atoms with Crippen molar-refractivity contribution in [2.24, 2.45) is 5.92 Å². The number of non-ortho nitro benzene ring substituents is 1. The summed E-state index contributed by atoms with van der Waals surface area (Å²) in [6.45, 7) is 0.713. The van der Waals surface area contributed by atoms with E-state index in [0.29, 0.717) is 35.9 Å². The van der Waals surface area contributed by atoms with Crippen molar-refractivity contribution >= 4 is 40.6 Å². The Kier molecular flexibility index (Phi) is 6.51. The summed E-state index contributed by atoms with van der Waals surface area (Å²) in [5, 5.41) is 14.4. The lowest BCUT2D eigenvalue weighted by Crippen LogP contribution is -2.44. The zero-order valence-corrected chi connectivity index (χ0v) is 17.4. The number of nitrogens with zero attached hydrogens (tertiary/aromatic N) is 4. The van der Waals surface area contributed by atoms with Gasteiger partial charge in [-0.2, -0.15) is 0 Å². The largest absolute Gasteiger partial charge is 0.377 e. The first-order chi connectivity index (χ1) is 14.3. The Hall–Kier alpha value is -3.20. The van der Waals surface area contributed by atoms with E-state index in [1.807, 2.05) is 0 Å². The number of amides is 2. The van der Waals surface area contributed by atoms with Crippen LogP contribution in [0.25, 0.3) is 0 Å². The fourth-order valence-electron chi connectivity index (χ4n) is 3.42. The summed E-state index contributed by atoms with van der Waals surface area (Å²) in [5.74, 6) is -0.568. The Morgan fingerprint density at radius 3 is 2.70 bits per heavy atom. The number of nitro benzene ring substituents is 1. The molecule has 1 atom stereocenters. The molecular weight excluding hydrogens is 410 g/mol. The highest BCUT2D eigenvalue weighted by molar-refractivity contribution is 6.30. The molecule has 1 N–H and O–H groups in total. The molecule has 0 bridgehead atoms. The van der Waals surface area contributed by atoms with Crippen molar-refractivity contribution in [2.45, 2.75) is 12.8 Å². The third-order valence-corrected chi connectivity index (χ3v) is 5.18. The molecule has 0 aliphatic carbocycles. The van der Waals surface area contributed by atoms with Crippen LogP contribution in [0.4, 0.5) is 17.2 Å². The van der Waals surface area contributed by atoms with Gasteiger partial charge >= 0.3 is 0 Å². The molecule has 0 saturated carbocycles. The number of benzene rings is 1. The van der Waals surface area contributed by atoms with Crippen molar-refractivity contribution in [2.75, 3.05) is 37.4 Å². The average molecular weight is 432 g/mol. The second-order valence-corrected chi connectivity index (χ2v) is 7.73. The number of carbonyl (C=O) groups is 2. The Labute approximate surface area is 178 Å². The van der Waals surface area contributed by atoms with Gasteiger partial charge in [-0.25, -0.2) is 4.98 Å². The summed E-state index contributed by atoms with van der Waals surface area (Å²) in [6, 6.07) is 7.47. The Morgan fingerprint density at radius 2 is 2.07 bits per heavy atom. The fourth-order valence-corrected chi connectivity index (χ4v) is 3.53. The van der Waals surface area contributed by atoms with Gasteiger partial charge in [0.1, 0.15) is 5.82 Å². The standard InChI is InChI=1S/C20H22ClN5O4/c1-24(2)17-7-6-15(26(29)30)10-16(17)20(28)25-9-3-4-13(12-25)19(27)23-18-8-5-14(21)11-22-18/h5-8,10-11,13H,3-4,9,12H2,1-2H3,(H,22,23,27). The van der Waals surface area contributed by atoms with Crippen molar-refractivity contribution in [1.82, 2.24) is 9.88 Å². The zero-order valence-electron chi connectivity index (χ0n) is 16.7. The first-order valence-corrected chi connectivity index (χ1v) is 9.81. The molecule has 1 fully saturated rings. The number of carbonyl (C=O) groups excluding carboxylic acids is 2. The van der Waals surface area contributed by atoms with Gasteiger partial charge in [0.25, 0.3) is 11.6 Å². The molecule has 2 aromatic rings. The Bertz CT molecular complexity index is 964. The van der Waals surface area contributed by atoms with Crippen molar-refractivity contribution in [1.29, 1.82) is 0 Å². The molecule has 30 heavy (non-hydrogen) atoms. The molecule has 1 saturated heterocycles. The molecule has 0 radical (unpaired) electrons. The van der Waals surface area contributed by atoms with Crippen LogP contribution in [0.15, 0.2) is 36.5 Å². The number of pyridine rings is 1. The molecule has 10 heteroatoms. The maximum Gasteiger partial charge on any atom is 0.270 e. The van der Waals surface area contributed by atoms with Gasteiger partial charge in [-0.1, -0.05) is 11.6 Å². The summed E-state index contributed by atoms with van der Waals surface area (Å²) in [5.41, 5.74) is 0.682. The van der Waals surface area contributed by atoms with E-state index in [0.717, 1.165) is 0 Å². The second kappa shape index (κ2) is 9.08. The molecule has 1 aliphatic rings. The van der Waals surface area contributed by atoms with Crippen molar-refractivity contribution in [3.05, 3.63) is 57.2 Å². The van der Waals surface area contributed by atoms with E-state index >= 15 is 0 Å². The highest BCUT2D eigenvalue weighted by atomic mass is 35.5. The van der Waals surface area contributed by atoms with E-state index in [1.54, 1.807) is 42.1 Å². The zero-order chi connectivity index (χ0) is 21.8. The van der Waals surface area contributed by atoms with E-state index in [4.69, 9.17) is 11.6 Å². The van der Waals surface area contributed by atoms with Crippen LogP contribution in [0.2, 0.25) is 5.02 Å².